The van der Waals surface area contributed by atoms with Crippen LogP contribution in [0.15, 0.2) is 74.3 Å². The minimum absolute atomic E-state index is 1.19. The van der Waals surface area contributed by atoms with Gasteiger partial charge in [-0.1, -0.05) is 78.4 Å². The van der Waals surface area contributed by atoms with Gasteiger partial charge in [-0.05, 0) is 19.4 Å². The predicted octanol–water partition coefficient (Wildman–Crippen LogP) is 5.44. The van der Waals surface area contributed by atoms with E-state index < -0.39 is 0 Å². The van der Waals surface area contributed by atoms with Crippen molar-refractivity contribution in [3.63, 3.8) is 0 Å². The predicted molar refractivity (Wildman–Crippen MR) is 83.7 cm³/mol. The minimum Gasteiger partial charge on any atom is -0.106 e. The third-order valence-electron chi connectivity index (χ3n) is 2.22. The van der Waals surface area contributed by atoms with Crippen molar-refractivity contribution in [1.82, 2.24) is 0 Å². The summed E-state index contributed by atoms with van der Waals surface area (Å²) in [7, 11) is 0. The Morgan fingerprint density at radius 3 is 1.67 bits per heavy atom. The zero-order valence-corrected chi connectivity index (χ0v) is 11.4. The lowest BCUT2D eigenvalue weighted by atomic mass is 10.1. The van der Waals surface area contributed by atoms with E-state index in [1.165, 1.54) is 16.7 Å². The Bertz CT molecular complexity index is 441. The topological polar surface area (TPSA) is 0 Å². The molecule has 0 aliphatic rings. The average molecular weight is 238 g/mol. The summed E-state index contributed by atoms with van der Waals surface area (Å²) in [5.41, 5.74) is 3.80. The third-order valence-corrected chi connectivity index (χ3v) is 2.22. The molecule has 0 aromatic heterocycles. The molecule has 0 nitrogen and oxygen atoms in total. The molecule has 2 aromatic rings. The highest BCUT2D eigenvalue weighted by Crippen LogP contribution is 2.03. The molecule has 0 amide bonds. The van der Waals surface area contributed by atoms with Gasteiger partial charge in [0, 0.05) is 0 Å². The first-order valence-corrected chi connectivity index (χ1v) is 5.93. The second kappa shape index (κ2) is 10.1. The van der Waals surface area contributed by atoms with E-state index in [9.17, 15) is 0 Å². The molecule has 2 rings (SSSR count). The van der Waals surface area contributed by atoms with Crippen molar-refractivity contribution in [2.75, 3.05) is 0 Å². The van der Waals surface area contributed by atoms with Crippen LogP contribution in [-0.4, -0.2) is 0 Å². The van der Waals surface area contributed by atoms with Crippen LogP contribution in [0.25, 0.3) is 6.08 Å². The molecule has 0 spiro atoms. The molecular formula is C18H22. The lowest BCUT2D eigenvalue weighted by molar-refractivity contribution is 1.46. The van der Waals surface area contributed by atoms with Crippen LogP contribution in [-0.2, 0) is 0 Å². The maximum absolute atomic E-state index is 3.67. The van der Waals surface area contributed by atoms with E-state index in [0.29, 0.717) is 0 Å². The second-order valence-electron chi connectivity index (χ2n) is 3.77. The van der Waals surface area contributed by atoms with Gasteiger partial charge < -0.3 is 0 Å². The van der Waals surface area contributed by atoms with Crippen LogP contribution in [0, 0.1) is 13.8 Å². The molecule has 2 aromatic carbocycles. The Morgan fingerprint density at radius 1 is 0.778 bits per heavy atom. The van der Waals surface area contributed by atoms with Crippen molar-refractivity contribution in [2.24, 2.45) is 0 Å². The van der Waals surface area contributed by atoms with Crippen LogP contribution in [0.2, 0.25) is 0 Å². The van der Waals surface area contributed by atoms with Crippen LogP contribution in [0.1, 0.15) is 16.7 Å². The summed E-state index contributed by atoms with van der Waals surface area (Å²) in [6.07, 6.45) is 1.85. The molecule has 0 heterocycles. The van der Waals surface area contributed by atoms with Crippen molar-refractivity contribution < 1.29 is 0 Å². The number of rotatable bonds is 1. The van der Waals surface area contributed by atoms with E-state index in [0.717, 1.165) is 0 Å². The Hall–Kier alpha value is -2.08. The normalized spacial score (nSPS) is 8.11. The highest BCUT2D eigenvalue weighted by molar-refractivity contribution is 5.47. The van der Waals surface area contributed by atoms with Gasteiger partial charge >= 0.3 is 0 Å². The number of hydrogen-bond donors (Lipinski definition) is 0. The summed E-state index contributed by atoms with van der Waals surface area (Å²) >= 11 is 0. The number of hydrogen-bond acceptors (Lipinski definition) is 0. The molecule has 0 unspecified atom stereocenters. The summed E-state index contributed by atoms with van der Waals surface area (Å²) in [5.74, 6) is 0. The summed E-state index contributed by atoms with van der Waals surface area (Å²) in [6, 6.07) is 18.5. The SMILES string of the molecule is C=C.C=Cc1cccc(C)c1.Cc1ccccc1. The third kappa shape index (κ3) is 7.24. The molecule has 0 aliphatic carbocycles. The van der Waals surface area contributed by atoms with Gasteiger partial charge in [-0.15, -0.1) is 13.2 Å². The standard InChI is InChI=1S/C9H10.C7H8.C2H4/c1-3-9-6-4-5-8(2)7-9;1-7-5-3-2-4-6-7;1-2/h3-7H,1H2,2H3;2-6H,1H3;1-2H2. The number of benzene rings is 2. The summed E-state index contributed by atoms with van der Waals surface area (Å²) in [5, 5.41) is 0. The lowest BCUT2D eigenvalue weighted by Gasteiger charge is -1.92. The molecule has 0 heteroatoms. The van der Waals surface area contributed by atoms with Crippen molar-refractivity contribution in [1.29, 1.82) is 0 Å². The van der Waals surface area contributed by atoms with E-state index in [4.69, 9.17) is 0 Å². The smallest absolute Gasteiger partial charge is 0.0260 e. The molecule has 0 atom stereocenters. The van der Waals surface area contributed by atoms with Gasteiger partial charge in [0.05, 0.1) is 0 Å². The van der Waals surface area contributed by atoms with Crippen LogP contribution in [0.4, 0.5) is 0 Å². The molecule has 0 fully saturated rings. The first kappa shape index (κ1) is 15.9. The summed E-state index contributed by atoms with van der Waals surface area (Å²) < 4.78 is 0. The zero-order valence-electron chi connectivity index (χ0n) is 11.4. The Kier molecular flexibility index (Phi) is 8.93. The van der Waals surface area contributed by atoms with Crippen molar-refractivity contribution in [3.05, 3.63) is 91.0 Å². The zero-order chi connectivity index (χ0) is 13.8. The van der Waals surface area contributed by atoms with Crippen LogP contribution >= 0.6 is 0 Å². The monoisotopic (exact) mass is 238 g/mol. The number of aryl methyl sites for hydroxylation is 2. The highest BCUT2D eigenvalue weighted by Gasteiger charge is 1.83. The van der Waals surface area contributed by atoms with Crippen LogP contribution < -0.4 is 0 Å². The van der Waals surface area contributed by atoms with Gasteiger partial charge in [-0.25, -0.2) is 0 Å². The van der Waals surface area contributed by atoms with E-state index in [1.54, 1.807) is 0 Å². The van der Waals surface area contributed by atoms with Gasteiger partial charge in [0.25, 0.3) is 0 Å². The molecule has 0 saturated carbocycles. The molecule has 94 valence electrons. The molecule has 0 radical (unpaired) electrons. The maximum atomic E-state index is 3.67. The van der Waals surface area contributed by atoms with Gasteiger partial charge in [-0.3, -0.25) is 0 Å². The van der Waals surface area contributed by atoms with E-state index in [1.807, 2.05) is 36.4 Å². The van der Waals surface area contributed by atoms with Crippen molar-refractivity contribution >= 4 is 6.08 Å². The average Bonchev–Trinajstić information content (AvgIpc) is 2.42. The fraction of sp³-hybridized carbons (Fsp3) is 0.111. The summed E-state index contributed by atoms with van der Waals surface area (Å²) in [6.45, 7) is 13.8. The van der Waals surface area contributed by atoms with Gasteiger partial charge in [0.2, 0.25) is 0 Å². The van der Waals surface area contributed by atoms with Crippen LogP contribution in [0.5, 0.6) is 0 Å². The molecule has 0 bridgehead atoms. The quantitative estimate of drug-likeness (QED) is 0.581. The lowest BCUT2D eigenvalue weighted by Crippen LogP contribution is -1.72. The highest BCUT2D eigenvalue weighted by atomic mass is 13.9. The molecule has 0 N–H and O–H groups in total. The Morgan fingerprint density at radius 2 is 1.33 bits per heavy atom. The van der Waals surface area contributed by atoms with Crippen molar-refractivity contribution in [3.8, 4) is 0 Å². The van der Waals surface area contributed by atoms with Gasteiger partial charge in [0.15, 0.2) is 0 Å². The first-order chi connectivity index (χ1) is 8.72. The largest absolute Gasteiger partial charge is 0.106 e. The van der Waals surface area contributed by atoms with Crippen molar-refractivity contribution in [2.45, 2.75) is 13.8 Å². The van der Waals surface area contributed by atoms with E-state index in [-0.39, 0.29) is 0 Å². The Labute approximate surface area is 111 Å². The second-order valence-corrected chi connectivity index (χ2v) is 3.77. The fourth-order valence-corrected chi connectivity index (χ4v) is 1.33. The molecular weight excluding hydrogens is 216 g/mol. The first-order valence-electron chi connectivity index (χ1n) is 5.93. The minimum atomic E-state index is 1.19. The molecule has 18 heavy (non-hydrogen) atoms. The summed E-state index contributed by atoms with van der Waals surface area (Å²) in [4.78, 5) is 0. The Balaban J connectivity index is 0.000000289. The maximum Gasteiger partial charge on any atom is -0.0260 e. The molecule has 0 saturated heterocycles. The van der Waals surface area contributed by atoms with Gasteiger partial charge in [0.1, 0.15) is 0 Å². The van der Waals surface area contributed by atoms with Gasteiger partial charge in [-0.2, -0.15) is 0 Å². The fourth-order valence-electron chi connectivity index (χ4n) is 1.33. The van der Waals surface area contributed by atoms with Crippen LogP contribution in [0.3, 0.4) is 0 Å². The van der Waals surface area contributed by atoms with E-state index in [2.05, 4.69) is 57.8 Å². The van der Waals surface area contributed by atoms with E-state index >= 15 is 0 Å². The molecule has 0 aliphatic heterocycles.